The fraction of sp³-hybridized carbons (Fsp3) is 0.385. The highest BCUT2D eigenvalue weighted by atomic mass is 35.5. The molecule has 0 saturated carbocycles. The molecule has 102 valence electrons. The maximum atomic E-state index is 5.79. The van der Waals surface area contributed by atoms with Crippen molar-refractivity contribution in [1.82, 2.24) is 15.5 Å². The van der Waals surface area contributed by atoms with Crippen molar-refractivity contribution in [2.45, 2.75) is 26.5 Å². The maximum Gasteiger partial charge on any atom is 0.253 e. The average Bonchev–Trinajstić information content (AvgIpc) is 2.86. The lowest BCUT2D eigenvalue weighted by molar-refractivity contribution is 0.258. The molecule has 0 aliphatic carbocycles. The maximum absolute atomic E-state index is 5.79. The summed E-state index contributed by atoms with van der Waals surface area (Å²) in [6.45, 7) is 3.87. The van der Waals surface area contributed by atoms with Gasteiger partial charge in [0, 0.05) is 5.02 Å². The standard InChI is InChI=1S/C13H16ClN3O2/c1-2-7-15-8-12-16-17-13(19-12)9-18-11-5-3-10(14)4-6-11/h3-6,15H,2,7-9H2,1H3. The molecular weight excluding hydrogens is 266 g/mol. The van der Waals surface area contributed by atoms with Crippen molar-refractivity contribution in [3.05, 3.63) is 41.1 Å². The summed E-state index contributed by atoms with van der Waals surface area (Å²) in [5.74, 6) is 1.75. The van der Waals surface area contributed by atoms with Crippen LogP contribution in [0.2, 0.25) is 5.02 Å². The number of benzene rings is 1. The molecule has 0 fully saturated rings. The molecule has 0 radical (unpaired) electrons. The predicted octanol–water partition coefficient (Wildman–Crippen LogP) is 2.80. The first-order valence-electron chi connectivity index (χ1n) is 6.18. The van der Waals surface area contributed by atoms with E-state index < -0.39 is 0 Å². The zero-order chi connectivity index (χ0) is 13.5. The molecular formula is C13H16ClN3O2. The number of halogens is 1. The topological polar surface area (TPSA) is 60.2 Å². The number of nitrogens with zero attached hydrogens (tertiary/aromatic N) is 2. The molecule has 2 rings (SSSR count). The molecule has 2 aromatic rings. The van der Waals surface area contributed by atoms with Gasteiger partial charge in [-0.25, -0.2) is 0 Å². The van der Waals surface area contributed by atoms with Crippen LogP contribution < -0.4 is 10.1 Å². The molecule has 0 saturated heterocycles. The van der Waals surface area contributed by atoms with Gasteiger partial charge in [0.1, 0.15) is 5.75 Å². The monoisotopic (exact) mass is 281 g/mol. The van der Waals surface area contributed by atoms with E-state index >= 15 is 0 Å². The molecule has 0 atom stereocenters. The highest BCUT2D eigenvalue weighted by Gasteiger charge is 2.06. The number of nitrogens with one attached hydrogen (secondary N) is 1. The number of aromatic nitrogens is 2. The first-order chi connectivity index (χ1) is 9.28. The van der Waals surface area contributed by atoms with Gasteiger partial charge >= 0.3 is 0 Å². The summed E-state index contributed by atoms with van der Waals surface area (Å²) in [5, 5.41) is 11.7. The van der Waals surface area contributed by atoms with E-state index in [-0.39, 0.29) is 6.61 Å². The number of hydrogen-bond donors (Lipinski definition) is 1. The van der Waals surface area contributed by atoms with Crippen LogP contribution in [-0.2, 0) is 13.2 Å². The second kappa shape index (κ2) is 7.11. The smallest absolute Gasteiger partial charge is 0.253 e. The summed E-state index contributed by atoms with van der Waals surface area (Å²) in [5.41, 5.74) is 0. The van der Waals surface area contributed by atoms with Gasteiger partial charge in [-0.2, -0.15) is 0 Å². The fourth-order valence-electron chi connectivity index (χ4n) is 1.47. The molecule has 0 unspecified atom stereocenters. The van der Waals surface area contributed by atoms with Crippen molar-refractivity contribution in [3.8, 4) is 5.75 Å². The molecule has 1 heterocycles. The van der Waals surface area contributed by atoms with Gasteiger partial charge in [-0.1, -0.05) is 18.5 Å². The van der Waals surface area contributed by atoms with E-state index in [0.29, 0.717) is 29.1 Å². The number of ether oxygens (including phenoxy) is 1. The summed E-state index contributed by atoms with van der Waals surface area (Å²) < 4.78 is 11.0. The molecule has 1 N–H and O–H groups in total. The van der Waals surface area contributed by atoms with Gasteiger partial charge in [0.2, 0.25) is 5.89 Å². The summed E-state index contributed by atoms with van der Waals surface area (Å²) in [6, 6.07) is 7.13. The van der Waals surface area contributed by atoms with Crippen LogP contribution in [0.5, 0.6) is 5.75 Å². The van der Waals surface area contributed by atoms with Crippen LogP contribution in [-0.4, -0.2) is 16.7 Å². The van der Waals surface area contributed by atoms with Gasteiger partial charge in [0.05, 0.1) is 6.54 Å². The lowest BCUT2D eigenvalue weighted by Crippen LogP contribution is -2.13. The van der Waals surface area contributed by atoms with E-state index in [2.05, 4.69) is 22.4 Å². The predicted molar refractivity (Wildman–Crippen MR) is 72.1 cm³/mol. The van der Waals surface area contributed by atoms with Crippen LogP contribution in [0.15, 0.2) is 28.7 Å². The molecule has 0 aliphatic rings. The van der Waals surface area contributed by atoms with Crippen molar-refractivity contribution in [1.29, 1.82) is 0 Å². The molecule has 1 aromatic heterocycles. The van der Waals surface area contributed by atoms with Crippen LogP contribution in [0.1, 0.15) is 25.1 Å². The quantitative estimate of drug-likeness (QED) is 0.791. The van der Waals surface area contributed by atoms with E-state index in [9.17, 15) is 0 Å². The summed E-state index contributed by atoms with van der Waals surface area (Å²) in [4.78, 5) is 0. The Labute approximate surface area is 116 Å². The molecule has 6 heteroatoms. The first kappa shape index (κ1) is 13.8. The second-order valence-electron chi connectivity index (χ2n) is 4.01. The minimum Gasteiger partial charge on any atom is -0.484 e. The van der Waals surface area contributed by atoms with Gasteiger partial charge in [-0.3, -0.25) is 0 Å². The van der Waals surface area contributed by atoms with E-state index in [1.54, 1.807) is 24.3 Å². The molecule has 1 aromatic carbocycles. The van der Waals surface area contributed by atoms with Crippen molar-refractivity contribution < 1.29 is 9.15 Å². The van der Waals surface area contributed by atoms with Crippen molar-refractivity contribution >= 4 is 11.6 Å². The third kappa shape index (κ3) is 4.54. The molecule has 0 bridgehead atoms. The Morgan fingerprint density at radius 1 is 1.21 bits per heavy atom. The Hall–Kier alpha value is -1.59. The number of rotatable bonds is 7. The van der Waals surface area contributed by atoms with Crippen molar-refractivity contribution in [3.63, 3.8) is 0 Å². The summed E-state index contributed by atoms with van der Waals surface area (Å²) in [6.07, 6.45) is 1.07. The van der Waals surface area contributed by atoms with Crippen LogP contribution in [0.4, 0.5) is 0 Å². The molecule has 0 aliphatic heterocycles. The van der Waals surface area contributed by atoms with Crippen LogP contribution in [0.3, 0.4) is 0 Å². The van der Waals surface area contributed by atoms with Crippen molar-refractivity contribution in [2.75, 3.05) is 6.54 Å². The van der Waals surface area contributed by atoms with Crippen LogP contribution in [0.25, 0.3) is 0 Å². The third-order valence-corrected chi connectivity index (χ3v) is 2.64. The van der Waals surface area contributed by atoms with E-state index in [1.807, 2.05) is 0 Å². The lowest BCUT2D eigenvalue weighted by atomic mass is 10.3. The van der Waals surface area contributed by atoms with Crippen LogP contribution >= 0.6 is 11.6 Å². The largest absolute Gasteiger partial charge is 0.484 e. The fourth-order valence-corrected chi connectivity index (χ4v) is 1.59. The Balaban J connectivity index is 1.81. The second-order valence-corrected chi connectivity index (χ2v) is 4.45. The minimum atomic E-state index is 0.252. The Morgan fingerprint density at radius 3 is 2.68 bits per heavy atom. The Morgan fingerprint density at radius 2 is 1.95 bits per heavy atom. The Kier molecular flexibility index (Phi) is 5.18. The lowest BCUT2D eigenvalue weighted by Gasteiger charge is -2.02. The number of hydrogen-bond acceptors (Lipinski definition) is 5. The van der Waals surface area contributed by atoms with Gasteiger partial charge in [-0.15, -0.1) is 10.2 Å². The highest BCUT2D eigenvalue weighted by molar-refractivity contribution is 6.30. The first-order valence-corrected chi connectivity index (χ1v) is 6.56. The zero-order valence-corrected chi connectivity index (χ0v) is 11.5. The summed E-state index contributed by atoms with van der Waals surface area (Å²) in [7, 11) is 0. The average molecular weight is 282 g/mol. The van der Waals surface area contributed by atoms with E-state index in [4.69, 9.17) is 20.8 Å². The Bertz CT molecular complexity index is 499. The third-order valence-electron chi connectivity index (χ3n) is 2.39. The zero-order valence-electron chi connectivity index (χ0n) is 10.7. The molecule has 0 amide bonds. The van der Waals surface area contributed by atoms with Gasteiger partial charge in [0.25, 0.3) is 5.89 Å². The minimum absolute atomic E-state index is 0.252. The molecule has 5 nitrogen and oxygen atoms in total. The molecule has 19 heavy (non-hydrogen) atoms. The van der Waals surface area contributed by atoms with Gasteiger partial charge in [0.15, 0.2) is 6.61 Å². The molecule has 0 spiro atoms. The normalized spacial score (nSPS) is 10.6. The van der Waals surface area contributed by atoms with Crippen LogP contribution in [0, 0.1) is 0 Å². The van der Waals surface area contributed by atoms with E-state index in [1.165, 1.54) is 0 Å². The van der Waals surface area contributed by atoms with Gasteiger partial charge < -0.3 is 14.5 Å². The van der Waals surface area contributed by atoms with Gasteiger partial charge in [-0.05, 0) is 37.2 Å². The van der Waals surface area contributed by atoms with Crippen molar-refractivity contribution in [2.24, 2.45) is 0 Å². The van der Waals surface area contributed by atoms with E-state index in [0.717, 1.165) is 13.0 Å². The summed E-state index contributed by atoms with van der Waals surface area (Å²) >= 11 is 5.79. The SMILES string of the molecule is CCCNCc1nnc(COc2ccc(Cl)cc2)o1. The highest BCUT2D eigenvalue weighted by Crippen LogP contribution is 2.16.